The lowest BCUT2D eigenvalue weighted by Gasteiger charge is -2.22. The molecule has 2 heterocycles. The van der Waals surface area contributed by atoms with Gasteiger partial charge in [-0.05, 0) is 43.5 Å². The molecule has 108 valence electrons. The van der Waals surface area contributed by atoms with E-state index in [1.165, 1.54) is 12.0 Å². The number of para-hydroxylation sites is 1. The quantitative estimate of drug-likeness (QED) is 0.875. The molecule has 1 aromatic rings. The lowest BCUT2D eigenvalue weighted by molar-refractivity contribution is -0.122. The van der Waals surface area contributed by atoms with Crippen LogP contribution in [0.1, 0.15) is 24.8 Å². The zero-order chi connectivity index (χ0) is 13.8. The predicted molar refractivity (Wildman–Crippen MR) is 77.8 cm³/mol. The van der Waals surface area contributed by atoms with Crippen molar-refractivity contribution in [2.45, 2.75) is 31.8 Å². The Morgan fingerprint density at radius 2 is 2.30 bits per heavy atom. The van der Waals surface area contributed by atoms with E-state index in [1.807, 2.05) is 18.2 Å². The van der Waals surface area contributed by atoms with Gasteiger partial charge in [-0.25, -0.2) is 0 Å². The minimum atomic E-state index is 0.0841. The molecule has 1 amide bonds. The standard InChI is InChI=1S/C16H22N2O2/c19-16(8-12-4-3-7-17-10-12)18-11-14-9-13-5-1-2-6-15(13)20-14/h1-2,5-6,12,14,17H,3-4,7-11H2,(H,18,19). The Morgan fingerprint density at radius 3 is 3.10 bits per heavy atom. The summed E-state index contributed by atoms with van der Waals surface area (Å²) in [7, 11) is 0. The Morgan fingerprint density at radius 1 is 1.40 bits per heavy atom. The number of rotatable bonds is 4. The molecule has 2 atom stereocenters. The van der Waals surface area contributed by atoms with Crippen molar-refractivity contribution in [3.63, 3.8) is 0 Å². The van der Waals surface area contributed by atoms with Crippen molar-refractivity contribution >= 4 is 5.91 Å². The van der Waals surface area contributed by atoms with Crippen LogP contribution in [0.5, 0.6) is 5.75 Å². The predicted octanol–water partition coefficient (Wildman–Crippen LogP) is 1.50. The van der Waals surface area contributed by atoms with Crippen LogP contribution in [0.3, 0.4) is 0 Å². The van der Waals surface area contributed by atoms with Crippen LogP contribution in [0, 0.1) is 5.92 Å². The van der Waals surface area contributed by atoms with Gasteiger partial charge < -0.3 is 15.4 Å². The fourth-order valence-electron chi connectivity index (χ4n) is 3.03. The zero-order valence-electron chi connectivity index (χ0n) is 11.7. The molecule has 0 radical (unpaired) electrons. The van der Waals surface area contributed by atoms with Gasteiger partial charge in [0.2, 0.25) is 5.91 Å². The average Bonchev–Trinajstić information content (AvgIpc) is 2.89. The van der Waals surface area contributed by atoms with Gasteiger partial charge in [0.05, 0.1) is 6.54 Å². The van der Waals surface area contributed by atoms with Crippen LogP contribution < -0.4 is 15.4 Å². The molecule has 1 aromatic carbocycles. The minimum absolute atomic E-state index is 0.0841. The molecule has 0 aliphatic carbocycles. The van der Waals surface area contributed by atoms with E-state index in [9.17, 15) is 4.79 Å². The number of hydrogen-bond acceptors (Lipinski definition) is 3. The van der Waals surface area contributed by atoms with E-state index in [1.54, 1.807) is 0 Å². The summed E-state index contributed by atoms with van der Waals surface area (Å²) >= 11 is 0. The van der Waals surface area contributed by atoms with Gasteiger partial charge in [0.1, 0.15) is 11.9 Å². The highest BCUT2D eigenvalue weighted by molar-refractivity contribution is 5.76. The summed E-state index contributed by atoms with van der Waals surface area (Å²) in [6, 6.07) is 8.09. The number of carbonyl (C=O) groups is 1. The molecule has 2 unspecified atom stereocenters. The summed E-state index contributed by atoms with van der Waals surface area (Å²) in [5.41, 5.74) is 1.24. The first-order valence-corrected chi connectivity index (χ1v) is 7.53. The van der Waals surface area contributed by atoms with Gasteiger partial charge in [0.15, 0.2) is 0 Å². The summed E-state index contributed by atoms with van der Waals surface area (Å²) < 4.78 is 5.82. The van der Waals surface area contributed by atoms with Gasteiger partial charge in [-0.15, -0.1) is 0 Å². The topological polar surface area (TPSA) is 50.4 Å². The van der Waals surface area contributed by atoms with Gasteiger partial charge in [-0.3, -0.25) is 4.79 Å². The van der Waals surface area contributed by atoms with Crippen molar-refractivity contribution in [2.24, 2.45) is 5.92 Å². The fraction of sp³-hybridized carbons (Fsp3) is 0.562. The van der Waals surface area contributed by atoms with E-state index < -0.39 is 0 Å². The molecule has 4 nitrogen and oxygen atoms in total. The average molecular weight is 274 g/mol. The maximum absolute atomic E-state index is 11.9. The van der Waals surface area contributed by atoms with E-state index in [2.05, 4.69) is 16.7 Å². The molecule has 0 bridgehead atoms. The maximum Gasteiger partial charge on any atom is 0.220 e. The van der Waals surface area contributed by atoms with Crippen LogP contribution in [0.4, 0.5) is 0 Å². The third-order valence-corrected chi connectivity index (χ3v) is 4.11. The second-order valence-electron chi connectivity index (χ2n) is 5.77. The lowest BCUT2D eigenvalue weighted by atomic mass is 9.96. The second-order valence-corrected chi connectivity index (χ2v) is 5.77. The van der Waals surface area contributed by atoms with Crippen molar-refractivity contribution < 1.29 is 9.53 Å². The van der Waals surface area contributed by atoms with Crippen LogP contribution in [0.2, 0.25) is 0 Å². The van der Waals surface area contributed by atoms with E-state index in [0.29, 0.717) is 18.9 Å². The molecular formula is C16H22N2O2. The molecule has 4 heteroatoms. The highest BCUT2D eigenvalue weighted by Crippen LogP contribution is 2.27. The van der Waals surface area contributed by atoms with E-state index >= 15 is 0 Å². The van der Waals surface area contributed by atoms with E-state index in [4.69, 9.17) is 4.74 Å². The van der Waals surface area contributed by atoms with Crippen molar-refractivity contribution in [3.8, 4) is 5.75 Å². The normalized spacial score (nSPS) is 24.8. The molecule has 3 rings (SSSR count). The van der Waals surface area contributed by atoms with Crippen molar-refractivity contribution in [1.29, 1.82) is 0 Å². The molecule has 20 heavy (non-hydrogen) atoms. The number of carbonyl (C=O) groups excluding carboxylic acids is 1. The Balaban J connectivity index is 1.41. The van der Waals surface area contributed by atoms with Crippen molar-refractivity contribution in [2.75, 3.05) is 19.6 Å². The van der Waals surface area contributed by atoms with Crippen LogP contribution in [0.25, 0.3) is 0 Å². The number of nitrogens with one attached hydrogen (secondary N) is 2. The summed E-state index contributed by atoms with van der Waals surface area (Å²) in [6.45, 7) is 2.67. The highest BCUT2D eigenvalue weighted by Gasteiger charge is 2.23. The summed E-state index contributed by atoms with van der Waals surface area (Å²) in [5.74, 6) is 1.60. The summed E-state index contributed by atoms with van der Waals surface area (Å²) in [4.78, 5) is 11.9. The molecule has 0 aromatic heterocycles. The Bertz CT molecular complexity index is 444. The molecule has 2 aliphatic rings. The first kappa shape index (κ1) is 13.4. The third-order valence-electron chi connectivity index (χ3n) is 4.11. The molecule has 1 fully saturated rings. The molecule has 2 aliphatic heterocycles. The molecule has 1 saturated heterocycles. The Kier molecular flexibility index (Phi) is 4.21. The molecule has 0 saturated carbocycles. The largest absolute Gasteiger partial charge is 0.488 e. The van der Waals surface area contributed by atoms with Crippen LogP contribution >= 0.6 is 0 Å². The smallest absolute Gasteiger partial charge is 0.220 e. The SMILES string of the molecule is O=C(CC1CCCNC1)NCC1Cc2ccccc2O1. The molecular weight excluding hydrogens is 252 g/mol. The van der Waals surface area contributed by atoms with E-state index in [0.717, 1.165) is 31.7 Å². The monoisotopic (exact) mass is 274 g/mol. The van der Waals surface area contributed by atoms with Crippen LogP contribution in [-0.2, 0) is 11.2 Å². The van der Waals surface area contributed by atoms with Crippen LogP contribution in [-0.4, -0.2) is 31.6 Å². The number of benzene rings is 1. The van der Waals surface area contributed by atoms with Crippen molar-refractivity contribution in [3.05, 3.63) is 29.8 Å². The Labute approximate surface area is 119 Å². The Hall–Kier alpha value is -1.55. The van der Waals surface area contributed by atoms with E-state index in [-0.39, 0.29) is 12.0 Å². The highest BCUT2D eigenvalue weighted by atomic mass is 16.5. The maximum atomic E-state index is 11.9. The first-order valence-electron chi connectivity index (χ1n) is 7.53. The van der Waals surface area contributed by atoms with Gasteiger partial charge in [-0.1, -0.05) is 18.2 Å². The lowest BCUT2D eigenvalue weighted by Crippen LogP contribution is -2.38. The molecule has 0 spiro atoms. The van der Waals surface area contributed by atoms with Gasteiger partial charge in [0, 0.05) is 12.8 Å². The summed E-state index contributed by atoms with van der Waals surface area (Å²) in [6.07, 6.45) is 3.94. The number of hydrogen-bond donors (Lipinski definition) is 2. The van der Waals surface area contributed by atoms with Crippen molar-refractivity contribution in [1.82, 2.24) is 10.6 Å². The second kappa shape index (κ2) is 6.27. The van der Waals surface area contributed by atoms with Gasteiger partial charge in [-0.2, -0.15) is 0 Å². The number of fused-ring (bicyclic) bond motifs is 1. The third kappa shape index (κ3) is 3.31. The number of ether oxygens (including phenoxy) is 1. The van der Waals surface area contributed by atoms with Gasteiger partial charge >= 0.3 is 0 Å². The number of piperidine rings is 1. The first-order chi connectivity index (χ1) is 9.81. The summed E-state index contributed by atoms with van der Waals surface area (Å²) in [5, 5.41) is 6.36. The molecule has 2 N–H and O–H groups in total. The number of amides is 1. The van der Waals surface area contributed by atoms with Crippen LogP contribution in [0.15, 0.2) is 24.3 Å². The zero-order valence-corrected chi connectivity index (χ0v) is 11.7. The minimum Gasteiger partial charge on any atom is -0.488 e. The fourth-order valence-corrected chi connectivity index (χ4v) is 3.03. The van der Waals surface area contributed by atoms with Gasteiger partial charge in [0.25, 0.3) is 0 Å².